The van der Waals surface area contributed by atoms with Crippen molar-refractivity contribution in [2.24, 2.45) is 5.92 Å². The number of ether oxygens (including phenoxy) is 1. The lowest BCUT2D eigenvalue weighted by Crippen LogP contribution is -2.05. The summed E-state index contributed by atoms with van der Waals surface area (Å²) in [4.78, 5) is 0. The smallest absolute Gasteiger partial charge is 0.163 e. The molecule has 0 unspecified atom stereocenters. The maximum absolute atomic E-state index is 5.91. The molecule has 0 amide bonds. The van der Waals surface area contributed by atoms with Crippen LogP contribution in [-0.2, 0) is 6.54 Å². The first-order chi connectivity index (χ1) is 8.61. The number of rotatable bonds is 4. The number of hydrogen-bond acceptors (Lipinski definition) is 4. The van der Waals surface area contributed by atoms with Crippen molar-refractivity contribution in [2.75, 3.05) is 12.8 Å². The number of nitrogens with two attached hydrogens (primary N) is 1. The second-order valence-corrected chi connectivity index (χ2v) is 4.66. The number of nitrogens with zero attached hydrogens (tertiary/aromatic N) is 3. The standard InChI is InChI=1S/C13H18N4O/c1-9(2)7-17-8-15-16-13(17)10-4-5-12(18-3)11(14)6-10/h4-6,8-9H,7,14H2,1-3H3. The minimum atomic E-state index is 0.537. The Labute approximate surface area is 107 Å². The number of aromatic nitrogens is 3. The highest BCUT2D eigenvalue weighted by atomic mass is 16.5. The van der Waals surface area contributed by atoms with E-state index in [-0.39, 0.29) is 0 Å². The molecule has 0 aliphatic rings. The molecule has 1 aromatic carbocycles. The average Bonchev–Trinajstić information content (AvgIpc) is 2.76. The van der Waals surface area contributed by atoms with Crippen molar-refractivity contribution in [1.29, 1.82) is 0 Å². The number of anilines is 1. The van der Waals surface area contributed by atoms with Crippen molar-refractivity contribution < 1.29 is 4.74 Å². The van der Waals surface area contributed by atoms with Crippen LogP contribution in [0.5, 0.6) is 5.75 Å². The van der Waals surface area contributed by atoms with Crippen LogP contribution in [0.25, 0.3) is 11.4 Å². The van der Waals surface area contributed by atoms with Gasteiger partial charge < -0.3 is 15.0 Å². The van der Waals surface area contributed by atoms with Gasteiger partial charge in [-0.15, -0.1) is 10.2 Å². The summed E-state index contributed by atoms with van der Waals surface area (Å²) in [6, 6.07) is 5.65. The van der Waals surface area contributed by atoms with Crippen LogP contribution in [0, 0.1) is 5.92 Å². The minimum absolute atomic E-state index is 0.537. The summed E-state index contributed by atoms with van der Waals surface area (Å²) < 4.78 is 7.18. The van der Waals surface area contributed by atoms with E-state index in [2.05, 4.69) is 24.0 Å². The summed E-state index contributed by atoms with van der Waals surface area (Å²) in [5, 5.41) is 8.12. The summed E-state index contributed by atoms with van der Waals surface area (Å²) >= 11 is 0. The summed E-state index contributed by atoms with van der Waals surface area (Å²) in [6.45, 7) is 5.20. The predicted octanol–water partition coefficient (Wildman–Crippen LogP) is 2.19. The average molecular weight is 246 g/mol. The van der Waals surface area contributed by atoms with Crippen molar-refractivity contribution in [3.63, 3.8) is 0 Å². The van der Waals surface area contributed by atoms with E-state index < -0.39 is 0 Å². The van der Waals surface area contributed by atoms with E-state index in [0.717, 1.165) is 17.9 Å². The van der Waals surface area contributed by atoms with E-state index in [1.807, 2.05) is 22.8 Å². The van der Waals surface area contributed by atoms with Crippen LogP contribution in [0.3, 0.4) is 0 Å². The quantitative estimate of drug-likeness (QED) is 0.840. The third-order valence-corrected chi connectivity index (χ3v) is 2.67. The molecule has 0 atom stereocenters. The minimum Gasteiger partial charge on any atom is -0.495 e. The van der Waals surface area contributed by atoms with Gasteiger partial charge in [-0.1, -0.05) is 13.8 Å². The summed E-state index contributed by atoms with van der Waals surface area (Å²) in [7, 11) is 1.60. The first kappa shape index (κ1) is 12.4. The highest BCUT2D eigenvalue weighted by Gasteiger charge is 2.10. The maximum atomic E-state index is 5.91. The molecule has 2 N–H and O–H groups in total. The lowest BCUT2D eigenvalue weighted by atomic mass is 10.1. The van der Waals surface area contributed by atoms with E-state index in [1.54, 1.807) is 13.4 Å². The largest absolute Gasteiger partial charge is 0.495 e. The third kappa shape index (κ3) is 2.45. The topological polar surface area (TPSA) is 66.0 Å². The molecule has 2 aromatic rings. The van der Waals surface area contributed by atoms with Crippen LogP contribution in [0.2, 0.25) is 0 Å². The molecule has 1 aromatic heterocycles. The molecule has 1 heterocycles. The van der Waals surface area contributed by atoms with Gasteiger partial charge in [0.05, 0.1) is 12.8 Å². The molecule has 0 spiro atoms. The summed E-state index contributed by atoms with van der Waals surface area (Å²) in [5.74, 6) is 2.04. The summed E-state index contributed by atoms with van der Waals surface area (Å²) in [6.07, 6.45) is 1.75. The Balaban J connectivity index is 2.37. The molecule has 0 saturated carbocycles. The third-order valence-electron chi connectivity index (χ3n) is 2.67. The number of methoxy groups -OCH3 is 1. The van der Waals surface area contributed by atoms with Gasteiger partial charge in [0.1, 0.15) is 12.1 Å². The SMILES string of the molecule is COc1ccc(-c2nncn2CC(C)C)cc1N. The van der Waals surface area contributed by atoms with Gasteiger partial charge in [0, 0.05) is 12.1 Å². The van der Waals surface area contributed by atoms with Crippen molar-refractivity contribution in [1.82, 2.24) is 14.8 Å². The van der Waals surface area contributed by atoms with Crippen molar-refractivity contribution in [3.05, 3.63) is 24.5 Å². The Hall–Kier alpha value is -2.04. The normalized spacial score (nSPS) is 10.9. The van der Waals surface area contributed by atoms with Gasteiger partial charge in [0.25, 0.3) is 0 Å². The fourth-order valence-corrected chi connectivity index (χ4v) is 1.88. The van der Waals surface area contributed by atoms with Crippen LogP contribution in [-0.4, -0.2) is 21.9 Å². The molecule has 5 nitrogen and oxygen atoms in total. The molecule has 5 heteroatoms. The van der Waals surface area contributed by atoms with Crippen LogP contribution in [0.4, 0.5) is 5.69 Å². The van der Waals surface area contributed by atoms with Gasteiger partial charge in [0.2, 0.25) is 0 Å². The highest BCUT2D eigenvalue weighted by Crippen LogP contribution is 2.27. The first-order valence-corrected chi connectivity index (χ1v) is 5.93. The molecule has 96 valence electrons. The highest BCUT2D eigenvalue weighted by molar-refractivity contribution is 5.66. The molecule has 18 heavy (non-hydrogen) atoms. The second kappa shape index (κ2) is 5.08. The molecular weight excluding hydrogens is 228 g/mol. The van der Waals surface area contributed by atoms with Gasteiger partial charge >= 0.3 is 0 Å². The Morgan fingerprint density at radius 3 is 2.78 bits per heavy atom. The maximum Gasteiger partial charge on any atom is 0.163 e. The molecular formula is C13H18N4O. The summed E-state index contributed by atoms with van der Waals surface area (Å²) in [5.41, 5.74) is 7.46. The Morgan fingerprint density at radius 1 is 1.39 bits per heavy atom. The van der Waals surface area contributed by atoms with Crippen molar-refractivity contribution in [3.8, 4) is 17.1 Å². The molecule has 0 fully saturated rings. The zero-order valence-electron chi connectivity index (χ0n) is 10.9. The van der Waals surface area contributed by atoms with Gasteiger partial charge in [-0.25, -0.2) is 0 Å². The molecule has 0 aliphatic heterocycles. The molecule has 0 saturated heterocycles. The van der Waals surface area contributed by atoms with Crippen LogP contribution in [0.1, 0.15) is 13.8 Å². The van der Waals surface area contributed by atoms with E-state index in [1.165, 1.54) is 0 Å². The fourth-order valence-electron chi connectivity index (χ4n) is 1.88. The Morgan fingerprint density at radius 2 is 2.17 bits per heavy atom. The van der Waals surface area contributed by atoms with Gasteiger partial charge in [0.15, 0.2) is 5.82 Å². The molecule has 0 radical (unpaired) electrons. The van der Waals surface area contributed by atoms with E-state index in [4.69, 9.17) is 10.5 Å². The zero-order chi connectivity index (χ0) is 13.1. The lowest BCUT2D eigenvalue weighted by molar-refractivity contribution is 0.417. The lowest BCUT2D eigenvalue weighted by Gasteiger charge is -2.10. The monoisotopic (exact) mass is 246 g/mol. The van der Waals surface area contributed by atoms with E-state index >= 15 is 0 Å². The second-order valence-electron chi connectivity index (χ2n) is 4.66. The van der Waals surface area contributed by atoms with E-state index in [0.29, 0.717) is 17.4 Å². The Kier molecular flexibility index (Phi) is 3.50. The number of hydrogen-bond donors (Lipinski definition) is 1. The van der Waals surface area contributed by atoms with Gasteiger partial charge in [-0.3, -0.25) is 0 Å². The molecule has 0 bridgehead atoms. The molecule has 2 rings (SSSR count). The zero-order valence-corrected chi connectivity index (χ0v) is 10.9. The van der Waals surface area contributed by atoms with Gasteiger partial charge in [-0.05, 0) is 24.1 Å². The molecule has 0 aliphatic carbocycles. The van der Waals surface area contributed by atoms with Crippen molar-refractivity contribution >= 4 is 5.69 Å². The first-order valence-electron chi connectivity index (χ1n) is 5.93. The van der Waals surface area contributed by atoms with Crippen LogP contribution >= 0.6 is 0 Å². The van der Waals surface area contributed by atoms with Crippen LogP contribution in [0.15, 0.2) is 24.5 Å². The van der Waals surface area contributed by atoms with Gasteiger partial charge in [-0.2, -0.15) is 0 Å². The van der Waals surface area contributed by atoms with Crippen molar-refractivity contribution in [2.45, 2.75) is 20.4 Å². The number of benzene rings is 1. The number of nitrogen functional groups attached to an aromatic ring is 1. The van der Waals surface area contributed by atoms with Crippen LogP contribution < -0.4 is 10.5 Å². The fraction of sp³-hybridized carbons (Fsp3) is 0.385. The van der Waals surface area contributed by atoms with E-state index in [9.17, 15) is 0 Å². The Bertz CT molecular complexity index is 534. The predicted molar refractivity (Wildman–Crippen MR) is 71.3 cm³/mol.